The lowest BCUT2D eigenvalue weighted by Crippen LogP contribution is -2.49. The Morgan fingerprint density at radius 2 is 1.96 bits per heavy atom. The highest BCUT2D eigenvalue weighted by Crippen LogP contribution is 2.25. The molecule has 1 saturated heterocycles. The van der Waals surface area contributed by atoms with Crippen LogP contribution in [0.1, 0.15) is 24.2 Å². The van der Waals surface area contributed by atoms with Gasteiger partial charge in [0.2, 0.25) is 0 Å². The van der Waals surface area contributed by atoms with Gasteiger partial charge in [-0.3, -0.25) is 19.8 Å². The van der Waals surface area contributed by atoms with Crippen molar-refractivity contribution in [1.29, 1.82) is 0 Å². The predicted octanol–water partition coefficient (Wildman–Crippen LogP) is 2.02. The van der Waals surface area contributed by atoms with E-state index in [0.717, 1.165) is 19.6 Å². The molecule has 1 aromatic carbocycles. The van der Waals surface area contributed by atoms with Crippen molar-refractivity contribution >= 4 is 11.6 Å². The van der Waals surface area contributed by atoms with E-state index in [1.807, 2.05) is 0 Å². The Kier molecular flexibility index (Phi) is 5.54. The normalized spacial score (nSPS) is 15.7. The Morgan fingerprint density at radius 1 is 1.30 bits per heavy atom. The molecule has 7 nitrogen and oxygen atoms in total. The number of hydrogen-bond donors (Lipinski definition) is 0. The van der Waals surface area contributed by atoms with Gasteiger partial charge in [-0.25, -0.2) is 0 Å². The second kappa shape index (κ2) is 7.41. The van der Waals surface area contributed by atoms with Crippen LogP contribution >= 0.6 is 0 Å². The SMILES string of the molecule is COc1ccc([N+](=O)[O-])cc1C(=O)N1CCN(CC(C)C)CC1. The van der Waals surface area contributed by atoms with E-state index in [2.05, 4.69) is 18.7 Å². The third kappa shape index (κ3) is 4.19. The molecule has 23 heavy (non-hydrogen) atoms. The molecule has 0 saturated carbocycles. The number of piperazine rings is 1. The van der Waals surface area contributed by atoms with E-state index in [1.54, 1.807) is 4.90 Å². The fourth-order valence-electron chi connectivity index (χ4n) is 2.80. The summed E-state index contributed by atoms with van der Waals surface area (Å²) < 4.78 is 5.19. The molecule has 0 radical (unpaired) electrons. The van der Waals surface area contributed by atoms with Crippen molar-refractivity contribution in [3.05, 3.63) is 33.9 Å². The van der Waals surface area contributed by atoms with Gasteiger partial charge in [0.25, 0.3) is 11.6 Å². The van der Waals surface area contributed by atoms with Crippen LogP contribution in [0.15, 0.2) is 18.2 Å². The summed E-state index contributed by atoms with van der Waals surface area (Å²) in [5.41, 5.74) is 0.145. The van der Waals surface area contributed by atoms with E-state index in [0.29, 0.717) is 24.8 Å². The van der Waals surface area contributed by atoms with Crippen LogP contribution in [0.5, 0.6) is 5.75 Å². The second-order valence-electron chi connectivity index (χ2n) is 6.13. The summed E-state index contributed by atoms with van der Waals surface area (Å²) >= 11 is 0. The summed E-state index contributed by atoms with van der Waals surface area (Å²) in [7, 11) is 1.46. The van der Waals surface area contributed by atoms with Crippen LogP contribution in [0, 0.1) is 16.0 Å². The largest absolute Gasteiger partial charge is 0.496 e. The summed E-state index contributed by atoms with van der Waals surface area (Å²) in [5, 5.41) is 10.9. The number of non-ortho nitro benzene ring substituents is 1. The van der Waals surface area contributed by atoms with Crippen molar-refractivity contribution in [3.8, 4) is 5.75 Å². The highest BCUT2D eigenvalue weighted by molar-refractivity contribution is 5.97. The first-order valence-corrected chi connectivity index (χ1v) is 7.76. The zero-order valence-electron chi connectivity index (χ0n) is 13.8. The van der Waals surface area contributed by atoms with E-state index >= 15 is 0 Å². The Balaban J connectivity index is 2.11. The summed E-state index contributed by atoms with van der Waals surface area (Å²) in [6, 6.07) is 4.11. The molecular formula is C16H23N3O4. The number of hydrogen-bond acceptors (Lipinski definition) is 5. The molecule has 2 rings (SSSR count). The average molecular weight is 321 g/mol. The van der Waals surface area contributed by atoms with Crippen molar-refractivity contribution in [1.82, 2.24) is 9.80 Å². The third-order valence-electron chi connectivity index (χ3n) is 3.91. The first kappa shape index (κ1) is 17.2. The number of methoxy groups -OCH3 is 1. The molecule has 0 spiro atoms. The van der Waals surface area contributed by atoms with Crippen LogP contribution in [0.25, 0.3) is 0 Å². The first-order chi connectivity index (χ1) is 10.9. The molecule has 0 bridgehead atoms. The van der Waals surface area contributed by atoms with Crippen molar-refractivity contribution < 1.29 is 14.5 Å². The highest BCUT2D eigenvalue weighted by atomic mass is 16.6. The van der Waals surface area contributed by atoms with Gasteiger partial charge in [-0.1, -0.05) is 13.8 Å². The Bertz CT molecular complexity index is 581. The number of nitro groups is 1. The molecule has 1 heterocycles. The van der Waals surface area contributed by atoms with Crippen LogP contribution in [0.3, 0.4) is 0 Å². The van der Waals surface area contributed by atoms with Gasteiger partial charge < -0.3 is 9.64 Å². The fraction of sp³-hybridized carbons (Fsp3) is 0.562. The maximum Gasteiger partial charge on any atom is 0.270 e. The molecule has 0 N–H and O–H groups in total. The predicted molar refractivity (Wildman–Crippen MR) is 86.8 cm³/mol. The minimum Gasteiger partial charge on any atom is -0.496 e. The number of benzene rings is 1. The minimum atomic E-state index is -0.503. The number of nitro benzene ring substituents is 1. The first-order valence-electron chi connectivity index (χ1n) is 7.76. The van der Waals surface area contributed by atoms with Gasteiger partial charge in [-0.15, -0.1) is 0 Å². The van der Waals surface area contributed by atoms with Gasteiger partial charge in [0.1, 0.15) is 5.75 Å². The van der Waals surface area contributed by atoms with Crippen molar-refractivity contribution in [2.75, 3.05) is 39.8 Å². The molecule has 126 valence electrons. The maximum atomic E-state index is 12.7. The Labute approximate surface area is 136 Å². The molecule has 0 atom stereocenters. The van der Waals surface area contributed by atoms with E-state index in [9.17, 15) is 14.9 Å². The summed E-state index contributed by atoms with van der Waals surface area (Å²) in [6.45, 7) is 8.25. The van der Waals surface area contributed by atoms with Crippen LogP contribution < -0.4 is 4.74 Å². The fourth-order valence-corrected chi connectivity index (χ4v) is 2.80. The number of carbonyl (C=O) groups is 1. The molecular weight excluding hydrogens is 298 g/mol. The zero-order chi connectivity index (χ0) is 17.0. The lowest BCUT2D eigenvalue weighted by molar-refractivity contribution is -0.384. The molecule has 7 heteroatoms. The van der Waals surface area contributed by atoms with Gasteiger partial charge in [0.05, 0.1) is 17.6 Å². The van der Waals surface area contributed by atoms with Crippen LogP contribution in [-0.4, -0.2) is 60.5 Å². The van der Waals surface area contributed by atoms with E-state index in [-0.39, 0.29) is 17.2 Å². The van der Waals surface area contributed by atoms with Crippen LogP contribution in [0.4, 0.5) is 5.69 Å². The van der Waals surface area contributed by atoms with E-state index in [1.165, 1.54) is 25.3 Å². The van der Waals surface area contributed by atoms with Crippen molar-refractivity contribution in [3.63, 3.8) is 0 Å². The number of nitrogens with zero attached hydrogens (tertiary/aromatic N) is 3. The molecule has 1 amide bonds. The molecule has 0 aliphatic carbocycles. The second-order valence-corrected chi connectivity index (χ2v) is 6.13. The van der Waals surface area contributed by atoms with Crippen molar-refractivity contribution in [2.45, 2.75) is 13.8 Å². The quantitative estimate of drug-likeness (QED) is 0.612. The third-order valence-corrected chi connectivity index (χ3v) is 3.91. The summed E-state index contributed by atoms with van der Waals surface area (Å²) in [5.74, 6) is 0.745. The number of carbonyl (C=O) groups excluding carboxylic acids is 1. The average Bonchev–Trinajstić information content (AvgIpc) is 2.53. The van der Waals surface area contributed by atoms with E-state index in [4.69, 9.17) is 4.74 Å². The summed E-state index contributed by atoms with van der Waals surface area (Å²) in [6.07, 6.45) is 0. The topological polar surface area (TPSA) is 75.9 Å². The van der Waals surface area contributed by atoms with Crippen LogP contribution in [0.2, 0.25) is 0 Å². The molecule has 1 aliphatic heterocycles. The van der Waals surface area contributed by atoms with E-state index < -0.39 is 4.92 Å². The monoisotopic (exact) mass is 321 g/mol. The maximum absolute atomic E-state index is 12.7. The standard InChI is InChI=1S/C16H23N3O4/c1-12(2)11-17-6-8-18(9-7-17)16(20)14-10-13(19(21)22)4-5-15(14)23-3/h4-5,10,12H,6-9,11H2,1-3H3. The van der Waals surface area contributed by atoms with Crippen LogP contribution in [-0.2, 0) is 0 Å². The lowest BCUT2D eigenvalue weighted by Gasteiger charge is -2.35. The zero-order valence-corrected chi connectivity index (χ0v) is 13.8. The Morgan fingerprint density at radius 3 is 2.48 bits per heavy atom. The van der Waals surface area contributed by atoms with Gasteiger partial charge in [0, 0.05) is 44.9 Å². The lowest BCUT2D eigenvalue weighted by atomic mass is 10.1. The van der Waals surface area contributed by atoms with Crippen molar-refractivity contribution in [2.24, 2.45) is 5.92 Å². The number of amides is 1. The van der Waals surface area contributed by atoms with Gasteiger partial charge >= 0.3 is 0 Å². The van der Waals surface area contributed by atoms with Gasteiger partial charge in [0.15, 0.2) is 0 Å². The molecule has 1 aliphatic rings. The minimum absolute atomic E-state index is 0.104. The molecule has 1 aromatic rings. The number of ether oxygens (including phenoxy) is 1. The van der Waals surface area contributed by atoms with Gasteiger partial charge in [-0.2, -0.15) is 0 Å². The Hall–Kier alpha value is -2.15. The molecule has 0 aromatic heterocycles. The molecule has 1 fully saturated rings. The highest BCUT2D eigenvalue weighted by Gasteiger charge is 2.26. The summed E-state index contributed by atoms with van der Waals surface area (Å²) in [4.78, 5) is 27.2. The van der Waals surface area contributed by atoms with Gasteiger partial charge in [-0.05, 0) is 12.0 Å². The number of rotatable bonds is 5. The smallest absolute Gasteiger partial charge is 0.270 e. The molecule has 0 unspecified atom stereocenters.